The number of benzene rings is 4. The Bertz CT molecular complexity index is 1710. The average molecular weight is 605 g/mol. The average Bonchev–Trinajstić information content (AvgIpc) is 3.36. The highest BCUT2D eigenvalue weighted by Crippen LogP contribution is 2.31. The van der Waals surface area contributed by atoms with E-state index < -0.39 is 35.4 Å². The first-order valence-corrected chi connectivity index (χ1v) is 14.9. The van der Waals surface area contributed by atoms with Crippen LogP contribution in [0, 0.1) is 12.7 Å². The number of nitrogens with one attached hydrogen (secondary N) is 2. The Kier molecular flexibility index (Phi) is 9.42. The number of aromatic nitrogens is 2. The Hall–Kier alpha value is -5.24. The second kappa shape index (κ2) is 13.6. The van der Waals surface area contributed by atoms with Crippen LogP contribution in [0.1, 0.15) is 49.1 Å². The molecule has 5 rings (SSSR count). The Morgan fingerprint density at radius 1 is 0.844 bits per heavy atom. The van der Waals surface area contributed by atoms with E-state index in [2.05, 4.69) is 15.7 Å². The van der Waals surface area contributed by atoms with E-state index in [0.29, 0.717) is 17.7 Å². The summed E-state index contributed by atoms with van der Waals surface area (Å²) in [4.78, 5) is 27.0. The van der Waals surface area contributed by atoms with Gasteiger partial charge in [0.2, 0.25) is 5.91 Å². The fourth-order valence-electron chi connectivity index (χ4n) is 5.29. The SMILES string of the molecule is Cc1c(-c2ccc(NC(=O)C(NC(=O)OC(C)(C)C)C(c3ccccc3)c3ccccc3)cc2F)cnn1Cc1ccccc1. The fraction of sp³-hybridized carbons (Fsp3) is 0.216. The molecule has 0 aliphatic heterocycles. The van der Waals surface area contributed by atoms with E-state index >= 15 is 4.39 Å². The summed E-state index contributed by atoms with van der Waals surface area (Å²) in [5.74, 6) is -1.57. The maximum atomic E-state index is 15.6. The summed E-state index contributed by atoms with van der Waals surface area (Å²) in [5.41, 5.74) is 4.09. The van der Waals surface area contributed by atoms with Crippen LogP contribution >= 0.6 is 0 Å². The van der Waals surface area contributed by atoms with Gasteiger partial charge < -0.3 is 15.4 Å². The highest BCUT2D eigenvalue weighted by molar-refractivity contribution is 5.98. The summed E-state index contributed by atoms with van der Waals surface area (Å²) in [5, 5.41) is 10.1. The van der Waals surface area contributed by atoms with Crippen LogP contribution in [0.25, 0.3) is 11.1 Å². The van der Waals surface area contributed by atoms with Gasteiger partial charge in [-0.3, -0.25) is 9.48 Å². The third-order valence-corrected chi connectivity index (χ3v) is 7.41. The quantitative estimate of drug-likeness (QED) is 0.181. The second-order valence-corrected chi connectivity index (χ2v) is 11.9. The molecule has 7 nitrogen and oxygen atoms in total. The highest BCUT2D eigenvalue weighted by Gasteiger charge is 2.34. The number of hydrogen-bond acceptors (Lipinski definition) is 4. The van der Waals surface area contributed by atoms with Crippen LogP contribution in [0.15, 0.2) is 115 Å². The molecule has 0 saturated heterocycles. The Balaban J connectivity index is 1.43. The molecule has 1 unspecified atom stereocenters. The lowest BCUT2D eigenvalue weighted by Crippen LogP contribution is -2.49. The molecule has 0 spiro atoms. The summed E-state index contributed by atoms with van der Waals surface area (Å²) < 4.78 is 23.0. The van der Waals surface area contributed by atoms with Crippen molar-refractivity contribution < 1.29 is 18.7 Å². The summed E-state index contributed by atoms with van der Waals surface area (Å²) in [6, 6.07) is 32.3. The van der Waals surface area contributed by atoms with Crippen molar-refractivity contribution in [2.75, 3.05) is 5.32 Å². The van der Waals surface area contributed by atoms with Crippen molar-refractivity contribution >= 4 is 17.7 Å². The van der Waals surface area contributed by atoms with Crippen LogP contribution in [0.2, 0.25) is 0 Å². The summed E-state index contributed by atoms with van der Waals surface area (Å²) in [6.07, 6.45) is 0.920. The van der Waals surface area contributed by atoms with Gasteiger partial charge in [0.05, 0.1) is 12.7 Å². The van der Waals surface area contributed by atoms with E-state index in [1.165, 1.54) is 6.07 Å². The minimum Gasteiger partial charge on any atom is -0.444 e. The van der Waals surface area contributed by atoms with Crippen LogP contribution < -0.4 is 10.6 Å². The van der Waals surface area contributed by atoms with Gasteiger partial charge in [-0.15, -0.1) is 0 Å². The summed E-state index contributed by atoms with van der Waals surface area (Å²) in [6.45, 7) is 7.74. The minimum atomic E-state index is -1.08. The first-order valence-electron chi connectivity index (χ1n) is 14.9. The standard InChI is InChI=1S/C37H37FN4O3/c1-25-31(23-39-42(25)24-26-14-8-5-9-15-26)30-21-20-29(22-32(30)38)40-35(43)34(41-36(44)45-37(2,3)4)33(27-16-10-6-11-17-27)28-18-12-7-13-19-28/h5-23,33-34H,24H2,1-4H3,(H,40,43)(H,41,44). The van der Waals surface area contributed by atoms with Gasteiger partial charge in [0.1, 0.15) is 17.5 Å². The number of carbonyl (C=O) groups excluding carboxylic acids is 2. The van der Waals surface area contributed by atoms with E-state index in [1.54, 1.807) is 39.1 Å². The molecule has 0 aliphatic carbocycles. The molecule has 45 heavy (non-hydrogen) atoms. The van der Waals surface area contributed by atoms with Crippen LogP contribution in [0.4, 0.5) is 14.9 Å². The molecule has 2 amide bonds. The van der Waals surface area contributed by atoms with Crippen molar-refractivity contribution in [2.45, 2.75) is 51.8 Å². The van der Waals surface area contributed by atoms with Crippen molar-refractivity contribution in [3.8, 4) is 11.1 Å². The molecule has 230 valence electrons. The number of halogens is 1. The molecule has 0 aliphatic rings. The molecule has 8 heteroatoms. The lowest BCUT2D eigenvalue weighted by molar-refractivity contribution is -0.118. The molecule has 0 fully saturated rings. The number of hydrogen-bond donors (Lipinski definition) is 2. The number of carbonyl (C=O) groups is 2. The van der Waals surface area contributed by atoms with E-state index in [4.69, 9.17) is 4.74 Å². The number of nitrogens with zero attached hydrogens (tertiary/aromatic N) is 2. The Morgan fingerprint density at radius 2 is 1.42 bits per heavy atom. The number of amides is 2. The molecule has 1 atom stereocenters. The number of anilines is 1. The van der Waals surface area contributed by atoms with Crippen molar-refractivity contribution in [1.29, 1.82) is 0 Å². The monoisotopic (exact) mass is 604 g/mol. The van der Waals surface area contributed by atoms with Crippen LogP contribution in [0.3, 0.4) is 0 Å². The first-order chi connectivity index (χ1) is 21.6. The lowest BCUT2D eigenvalue weighted by atomic mass is 9.84. The van der Waals surface area contributed by atoms with Crippen molar-refractivity contribution in [3.05, 3.63) is 144 Å². The lowest BCUT2D eigenvalue weighted by Gasteiger charge is -2.29. The van der Waals surface area contributed by atoms with Gasteiger partial charge in [0, 0.05) is 28.4 Å². The van der Waals surface area contributed by atoms with Crippen LogP contribution in [-0.4, -0.2) is 33.4 Å². The third-order valence-electron chi connectivity index (χ3n) is 7.41. The van der Waals surface area contributed by atoms with Gasteiger partial charge in [-0.1, -0.05) is 91.0 Å². The smallest absolute Gasteiger partial charge is 0.408 e. The molecular weight excluding hydrogens is 567 g/mol. The normalized spacial score (nSPS) is 12.0. The minimum absolute atomic E-state index is 0.256. The number of rotatable bonds is 9. The molecule has 0 saturated carbocycles. The van der Waals surface area contributed by atoms with Gasteiger partial charge in [-0.05, 0) is 62.6 Å². The largest absolute Gasteiger partial charge is 0.444 e. The number of alkyl carbamates (subject to hydrolysis) is 1. The van der Waals surface area contributed by atoms with E-state index in [1.807, 2.05) is 103 Å². The van der Waals surface area contributed by atoms with Gasteiger partial charge in [-0.25, -0.2) is 9.18 Å². The van der Waals surface area contributed by atoms with Crippen molar-refractivity contribution in [2.24, 2.45) is 0 Å². The van der Waals surface area contributed by atoms with Crippen LogP contribution in [-0.2, 0) is 16.1 Å². The maximum Gasteiger partial charge on any atom is 0.408 e. The molecule has 0 bridgehead atoms. The van der Waals surface area contributed by atoms with E-state index in [0.717, 1.165) is 22.4 Å². The predicted octanol–water partition coefficient (Wildman–Crippen LogP) is 7.71. The Labute approximate surface area is 263 Å². The zero-order valence-corrected chi connectivity index (χ0v) is 25.8. The van der Waals surface area contributed by atoms with Gasteiger partial charge in [-0.2, -0.15) is 5.10 Å². The molecule has 4 aromatic carbocycles. The van der Waals surface area contributed by atoms with Crippen LogP contribution in [0.5, 0.6) is 0 Å². The zero-order chi connectivity index (χ0) is 32.0. The summed E-state index contributed by atoms with van der Waals surface area (Å²) >= 11 is 0. The molecule has 0 radical (unpaired) electrons. The molecule has 2 N–H and O–H groups in total. The molecule has 1 heterocycles. The fourth-order valence-corrected chi connectivity index (χ4v) is 5.29. The molecule has 1 aromatic heterocycles. The summed E-state index contributed by atoms with van der Waals surface area (Å²) in [7, 11) is 0. The van der Waals surface area contributed by atoms with Gasteiger partial charge >= 0.3 is 6.09 Å². The Morgan fingerprint density at radius 3 is 1.98 bits per heavy atom. The van der Waals surface area contributed by atoms with E-state index in [-0.39, 0.29) is 5.69 Å². The van der Waals surface area contributed by atoms with Gasteiger partial charge in [0.15, 0.2) is 0 Å². The molecule has 5 aromatic rings. The zero-order valence-electron chi connectivity index (χ0n) is 25.8. The van der Waals surface area contributed by atoms with Crippen molar-refractivity contribution in [1.82, 2.24) is 15.1 Å². The predicted molar refractivity (Wildman–Crippen MR) is 174 cm³/mol. The molecular formula is C37H37FN4O3. The second-order valence-electron chi connectivity index (χ2n) is 11.9. The topological polar surface area (TPSA) is 85.2 Å². The van der Waals surface area contributed by atoms with Gasteiger partial charge in [0.25, 0.3) is 0 Å². The highest BCUT2D eigenvalue weighted by atomic mass is 19.1. The number of ether oxygens (including phenoxy) is 1. The third kappa shape index (κ3) is 7.84. The maximum absolute atomic E-state index is 15.6. The van der Waals surface area contributed by atoms with E-state index in [9.17, 15) is 9.59 Å². The first kappa shape index (κ1) is 31.2. The van der Waals surface area contributed by atoms with Crippen molar-refractivity contribution in [3.63, 3.8) is 0 Å².